The molecule has 1 rings (SSSR count). The summed E-state index contributed by atoms with van der Waals surface area (Å²) in [4.78, 5) is 2.49. The van der Waals surface area contributed by atoms with Gasteiger partial charge in [0.05, 0.1) is 6.61 Å². The Hall–Kier alpha value is -0.900. The van der Waals surface area contributed by atoms with Crippen molar-refractivity contribution < 1.29 is 4.74 Å². The molecule has 3 nitrogen and oxygen atoms in total. The third kappa shape index (κ3) is 7.07. The van der Waals surface area contributed by atoms with E-state index in [1.54, 1.807) is 7.11 Å². The van der Waals surface area contributed by atoms with Crippen molar-refractivity contribution in [2.75, 3.05) is 26.7 Å². The van der Waals surface area contributed by atoms with Crippen LogP contribution in [0.3, 0.4) is 0 Å². The van der Waals surface area contributed by atoms with Crippen molar-refractivity contribution in [2.45, 2.75) is 52.8 Å². The highest BCUT2D eigenvalue weighted by molar-refractivity contribution is 5.26. The predicted octanol–water partition coefficient (Wildman–Crippen LogP) is 3.43. The van der Waals surface area contributed by atoms with Crippen molar-refractivity contribution in [3.8, 4) is 0 Å². The second-order valence-electron chi connectivity index (χ2n) is 5.65. The van der Waals surface area contributed by atoms with Crippen LogP contribution in [0.25, 0.3) is 0 Å². The molecule has 0 heterocycles. The number of methoxy groups -OCH3 is 1. The van der Waals surface area contributed by atoms with Crippen molar-refractivity contribution >= 4 is 0 Å². The molecular weight excluding hydrogens is 260 g/mol. The van der Waals surface area contributed by atoms with Crippen LogP contribution in [-0.4, -0.2) is 37.7 Å². The van der Waals surface area contributed by atoms with E-state index in [9.17, 15) is 0 Å². The molecule has 0 bridgehead atoms. The topological polar surface area (TPSA) is 24.5 Å². The third-order valence-electron chi connectivity index (χ3n) is 4.07. The van der Waals surface area contributed by atoms with Gasteiger partial charge >= 0.3 is 0 Å². The Balaban J connectivity index is 2.31. The molecule has 0 radical (unpaired) electrons. The molecule has 0 aliphatic carbocycles. The molecule has 0 saturated carbocycles. The highest BCUT2D eigenvalue weighted by Crippen LogP contribution is 2.10. The highest BCUT2D eigenvalue weighted by Gasteiger charge is 2.06. The van der Waals surface area contributed by atoms with Gasteiger partial charge in [-0.1, -0.05) is 38.1 Å². The lowest BCUT2D eigenvalue weighted by Gasteiger charge is -2.20. The average molecular weight is 292 g/mol. The SMILES string of the molecule is CCN(CC)CCCC(C)NCc1ccccc1COC. The van der Waals surface area contributed by atoms with Crippen molar-refractivity contribution in [3.05, 3.63) is 35.4 Å². The summed E-state index contributed by atoms with van der Waals surface area (Å²) in [6.07, 6.45) is 2.48. The lowest BCUT2D eigenvalue weighted by atomic mass is 10.1. The molecule has 120 valence electrons. The third-order valence-corrected chi connectivity index (χ3v) is 4.07. The Labute approximate surface area is 130 Å². The van der Waals surface area contributed by atoms with Gasteiger partial charge in [0.15, 0.2) is 0 Å². The van der Waals surface area contributed by atoms with Gasteiger partial charge in [0.2, 0.25) is 0 Å². The van der Waals surface area contributed by atoms with Crippen LogP contribution in [0.2, 0.25) is 0 Å². The molecule has 1 atom stereocenters. The zero-order valence-corrected chi connectivity index (χ0v) is 14.2. The van der Waals surface area contributed by atoms with Gasteiger partial charge in [-0.05, 0) is 50.5 Å². The molecule has 1 N–H and O–H groups in total. The molecular formula is C18H32N2O. The summed E-state index contributed by atoms with van der Waals surface area (Å²) < 4.78 is 5.26. The first-order valence-electron chi connectivity index (χ1n) is 8.22. The number of nitrogens with zero attached hydrogens (tertiary/aromatic N) is 1. The van der Waals surface area contributed by atoms with E-state index in [1.807, 2.05) is 0 Å². The first-order valence-corrected chi connectivity index (χ1v) is 8.22. The smallest absolute Gasteiger partial charge is 0.0716 e. The van der Waals surface area contributed by atoms with Crippen LogP contribution < -0.4 is 5.32 Å². The van der Waals surface area contributed by atoms with Gasteiger partial charge in [-0.3, -0.25) is 0 Å². The number of rotatable bonds is 11. The molecule has 0 amide bonds. The molecule has 0 aliphatic heterocycles. The second-order valence-corrected chi connectivity index (χ2v) is 5.65. The van der Waals surface area contributed by atoms with Crippen LogP contribution in [0, 0.1) is 0 Å². The molecule has 1 aromatic carbocycles. The Morgan fingerprint density at radius 3 is 2.43 bits per heavy atom. The normalized spacial score (nSPS) is 12.8. The summed E-state index contributed by atoms with van der Waals surface area (Å²) in [7, 11) is 1.75. The number of benzene rings is 1. The van der Waals surface area contributed by atoms with Crippen LogP contribution in [0.5, 0.6) is 0 Å². The van der Waals surface area contributed by atoms with Gasteiger partial charge in [0, 0.05) is 19.7 Å². The zero-order chi connectivity index (χ0) is 15.5. The molecule has 0 saturated heterocycles. The van der Waals surface area contributed by atoms with Crippen LogP contribution in [0.4, 0.5) is 0 Å². The monoisotopic (exact) mass is 292 g/mol. The first kappa shape index (κ1) is 18.1. The van der Waals surface area contributed by atoms with Crippen LogP contribution in [0.15, 0.2) is 24.3 Å². The quantitative estimate of drug-likeness (QED) is 0.676. The van der Waals surface area contributed by atoms with Gasteiger partial charge < -0.3 is 15.0 Å². The Bertz CT molecular complexity index is 377. The van der Waals surface area contributed by atoms with E-state index in [4.69, 9.17) is 4.74 Å². The second kappa shape index (κ2) is 10.8. The number of hydrogen-bond donors (Lipinski definition) is 1. The summed E-state index contributed by atoms with van der Waals surface area (Å²) in [6, 6.07) is 9.05. The fraction of sp³-hybridized carbons (Fsp3) is 0.667. The largest absolute Gasteiger partial charge is 0.380 e. The lowest BCUT2D eigenvalue weighted by molar-refractivity contribution is 0.184. The molecule has 21 heavy (non-hydrogen) atoms. The number of ether oxygens (including phenoxy) is 1. The Kier molecular flexibility index (Phi) is 9.31. The maximum atomic E-state index is 5.26. The Morgan fingerprint density at radius 1 is 1.14 bits per heavy atom. The van der Waals surface area contributed by atoms with Crippen molar-refractivity contribution in [2.24, 2.45) is 0 Å². The van der Waals surface area contributed by atoms with Gasteiger partial charge in [-0.25, -0.2) is 0 Å². The van der Waals surface area contributed by atoms with Crippen molar-refractivity contribution in [3.63, 3.8) is 0 Å². The minimum Gasteiger partial charge on any atom is -0.380 e. The molecule has 1 unspecified atom stereocenters. The predicted molar refractivity (Wildman–Crippen MR) is 90.5 cm³/mol. The van der Waals surface area contributed by atoms with Crippen LogP contribution >= 0.6 is 0 Å². The fourth-order valence-electron chi connectivity index (χ4n) is 2.57. The zero-order valence-electron chi connectivity index (χ0n) is 14.2. The van der Waals surface area contributed by atoms with Crippen molar-refractivity contribution in [1.29, 1.82) is 0 Å². The first-order chi connectivity index (χ1) is 10.2. The van der Waals surface area contributed by atoms with E-state index < -0.39 is 0 Å². The minimum atomic E-state index is 0.552. The highest BCUT2D eigenvalue weighted by atomic mass is 16.5. The minimum absolute atomic E-state index is 0.552. The number of hydrogen-bond acceptors (Lipinski definition) is 3. The van der Waals surface area contributed by atoms with E-state index in [1.165, 1.54) is 30.5 Å². The van der Waals surface area contributed by atoms with E-state index in [-0.39, 0.29) is 0 Å². The molecule has 0 aromatic heterocycles. The summed E-state index contributed by atoms with van der Waals surface area (Å²) in [5.74, 6) is 0. The van der Waals surface area contributed by atoms with Gasteiger partial charge in [-0.2, -0.15) is 0 Å². The maximum absolute atomic E-state index is 5.26. The van der Waals surface area contributed by atoms with E-state index >= 15 is 0 Å². The van der Waals surface area contributed by atoms with E-state index in [2.05, 4.69) is 55.3 Å². The molecule has 0 aliphatic rings. The average Bonchev–Trinajstić information content (AvgIpc) is 2.51. The molecule has 0 fully saturated rings. The maximum Gasteiger partial charge on any atom is 0.0716 e. The van der Waals surface area contributed by atoms with E-state index in [0.29, 0.717) is 12.6 Å². The number of nitrogens with one attached hydrogen (secondary N) is 1. The summed E-state index contributed by atoms with van der Waals surface area (Å²) in [6.45, 7) is 11.9. The molecule has 1 aromatic rings. The lowest BCUT2D eigenvalue weighted by Crippen LogP contribution is -2.29. The summed E-state index contributed by atoms with van der Waals surface area (Å²) in [5.41, 5.74) is 2.62. The molecule has 0 spiro atoms. The Morgan fingerprint density at radius 2 is 1.81 bits per heavy atom. The van der Waals surface area contributed by atoms with Crippen LogP contribution in [0.1, 0.15) is 44.7 Å². The standard InChI is InChI=1S/C18H32N2O/c1-5-20(6-2)13-9-10-16(3)19-14-17-11-7-8-12-18(17)15-21-4/h7-8,11-12,16,19H,5-6,9-10,13-15H2,1-4H3. The van der Waals surface area contributed by atoms with Gasteiger partial charge in [-0.15, -0.1) is 0 Å². The fourth-order valence-corrected chi connectivity index (χ4v) is 2.57. The van der Waals surface area contributed by atoms with Crippen molar-refractivity contribution in [1.82, 2.24) is 10.2 Å². The van der Waals surface area contributed by atoms with Crippen LogP contribution in [-0.2, 0) is 17.9 Å². The summed E-state index contributed by atoms with van der Waals surface area (Å²) in [5, 5.41) is 3.63. The molecule has 3 heteroatoms. The van der Waals surface area contributed by atoms with Gasteiger partial charge in [0.1, 0.15) is 0 Å². The van der Waals surface area contributed by atoms with E-state index in [0.717, 1.165) is 19.6 Å². The van der Waals surface area contributed by atoms with Gasteiger partial charge in [0.25, 0.3) is 0 Å². The summed E-state index contributed by atoms with van der Waals surface area (Å²) >= 11 is 0.